The van der Waals surface area contributed by atoms with Crippen molar-refractivity contribution in [2.24, 2.45) is 0 Å². The van der Waals surface area contributed by atoms with E-state index in [9.17, 15) is 13.2 Å². The van der Waals surface area contributed by atoms with Gasteiger partial charge in [-0.3, -0.25) is 4.68 Å². The van der Waals surface area contributed by atoms with Crippen LogP contribution in [0.4, 0.5) is 13.2 Å². The minimum absolute atomic E-state index is 0.0656. The summed E-state index contributed by atoms with van der Waals surface area (Å²) in [5.41, 5.74) is 3.71. The zero-order valence-electron chi connectivity index (χ0n) is 20.6. The number of halogens is 3. The number of benzene rings is 4. The number of para-hydroxylation sites is 2. The van der Waals surface area contributed by atoms with Crippen LogP contribution in [0.2, 0.25) is 0 Å². The Bertz CT molecular complexity index is 1570. The average molecular weight is 503 g/mol. The van der Waals surface area contributed by atoms with Crippen LogP contribution < -0.4 is 9.47 Å². The molecule has 5 rings (SSSR count). The molecule has 37 heavy (non-hydrogen) atoms. The first kappa shape index (κ1) is 24.4. The summed E-state index contributed by atoms with van der Waals surface area (Å²) in [6.07, 6.45) is -4.51. The fraction of sp³-hybridized carbons (Fsp3) is 0.167. The molecule has 0 unspecified atom stereocenters. The lowest BCUT2D eigenvalue weighted by Gasteiger charge is -2.13. The predicted molar refractivity (Wildman–Crippen MR) is 138 cm³/mol. The van der Waals surface area contributed by atoms with Gasteiger partial charge in [0.1, 0.15) is 11.3 Å². The van der Waals surface area contributed by atoms with Crippen LogP contribution in [0.3, 0.4) is 0 Å². The highest BCUT2D eigenvalue weighted by molar-refractivity contribution is 5.95. The molecule has 0 radical (unpaired) electrons. The fourth-order valence-corrected chi connectivity index (χ4v) is 4.50. The lowest BCUT2D eigenvalue weighted by Crippen LogP contribution is -2.07. The Balaban J connectivity index is 1.60. The minimum Gasteiger partial charge on any atom is -0.493 e. The zero-order chi connectivity index (χ0) is 26.2. The second-order valence-corrected chi connectivity index (χ2v) is 8.91. The van der Waals surface area contributed by atoms with Gasteiger partial charge in [0.15, 0.2) is 11.5 Å². The van der Waals surface area contributed by atoms with Crippen molar-refractivity contribution >= 4 is 10.9 Å². The highest BCUT2D eigenvalue weighted by Gasteiger charge is 2.34. The molecule has 1 heterocycles. The van der Waals surface area contributed by atoms with E-state index in [1.807, 2.05) is 50.2 Å². The van der Waals surface area contributed by atoms with Gasteiger partial charge >= 0.3 is 6.18 Å². The third kappa shape index (κ3) is 4.89. The molecule has 4 aromatic carbocycles. The highest BCUT2D eigenvalue weighted by atomic mass is 19.4. The normalized spacial score (nSPS) is 11.6. The molecule has 0 N–H and O–H groups in total. The summed E-state index contributed by atoms with van der Waals surface area (Å²) in [7, 11) is 1.57. The number of alkyl halides is 3. The molecule has 0 bridgehead atoms. The molecule has 0 fully saturated rings. The van der Waals surface area contributed by atoms with Gasteiger partial charge in [0.2, 0.25) is 0 Å². The van der Waals surface area contributed by atoms with E-state index in [1.165, 1.54) is 6.07 Å². The summed E-state index contributed by atoms with van der Waals surface area (Å²) in [6, 6.07) is 24.8. The standard InChI is InChI=1S/C30H25F3N2O2/c1-19-11-12-22(20(2)17-19)18-35-29(24-7-6-8-25(28(24)34-35)30(31,32)33)21-13-15-23(16-14-21)37-27-10-5-4-9-26(27)36-3/h4-17H,18H2,1-3H3. The lowest BCUT2D eigenvalue weighted by molar-refractivity contribution is -0.136. The van der Waals surface area contributed by atoms with Crippen LogP contribution in [0.1, 0.15) is 22.3 Å². The van der Waals surface area contributed by atoms with Crippen LogP contribution in [0.5, 0.6) is 17.2 Å². The monoisotopic (exact) mass is 502 g/mol. The van der Waals surface area contributed by atoms with Crippen LogP contribution in [0.15, 0.2) is 84.9 Å². The summed E-state index contributed by atoms with van der Waals surface area (Å²) in [6.45, 7) is 4.35. The first-order valence-electron chi connectivity index (χ1n) is 11.8. The first-order valence-corrected chi connectivity index (χ1v) is 11.8. The van der Waals surface area contributed by atoms with Crippen LogP contribution in [-0.4, -0.2) is 16.9 Å². The van der Waals surface area contributed by atoms with Gasteiger partial charge in [-0.05, 0) is 67.4 Å². The molecular formula is C30H25F3N2O2. The van der Waals surface area contributed by atoms with Crippen molar-refractivity contribution in [3.63, 3.8) is 0 Å². The Labute approximate surface area is 212 Å². The third-order valence-corrected chi connectivity index (χ3v) is 6.32. The number of ether oxygens (including phenoxy) is 2. The van der Waals surface area contributed by atoms with E-state index in [0.717, 1.165) is 28.3 Å². The number of aryl methyl sites for hydroxylation is 2. The zero-order valence-corrected chi connectivity index (χ0v) is 20.6. The first-order chi connectivity index (χ1) is 17.7. The number of fused-ring (bicyclic) bond motifs is 1. The summed E-state index contributed by atoms with van der Waals surface area (Å²) in [4.78, 5) is 0. The molecule has 1 aromatic heterocycles. The summed E-state index contributed by atoms with van der Waals surface area (Å²) in [5.74, 6) is 1.75. The third-order valence-electron chi connectivity index (χ3n) is 6.32. The van der Waals surface area contributed by atoms with Crippen molar-refractivity contribution in [1.82, 2.24) is 9.78 Å². The summed E-state index contributed by atoms with van der Waals surface area (Å²) >= 11 is 0. The highest BCUT2D eigenvalue weighted by Crippen LogP contribution is 2.39. The summed E-state index contributed by atoms with van der Waals surface area (Å²) in [5, 5.41) is 4.92. The molecule has 0 atom stereocenters. The van der Waals surface area contributed by atoms with Gasteiger partial charge in [-0.2, -0.15) is 18.3 Å². The Hall–Kier alpha value is -4.26. The van der Waals surface area contributed by atoms with Crippen molar-refractivity contribution < 1.29 is 22.6 Å². The van der Waals surface area contributed by atoms with Crippen molar-refractivity contribution in [1.29, 1.82) is 0 Å². The number of aromatic nitrogens is 2. The SMILES string of the molecule is COc1ccccc1Oc1ccc(-c2c3cccc(C(F)(F)F)c3nn2Cc2ccc(C)cc2C)cc1. The number of methoxy groups -OCH3 is 1. The van der Waals surface area contributed by atoms with Crippen LogP contribution >= 0.6 is 0 Å². The van der Waals surface area contributed by atoms with Crippen molar-refractivity contribution in [3.8, 4) is 28.5 Å². The summed E-state index contributed by atoms with van der Waals surface area (Å²) < 4.78 is 54.5. The molecule has 0 amide bonds. The number of hydrogen-bond donors (Lipinski definition) is 0. The van der Waals surface area contributed by atoms with Crippen molar-refractivity contribution in [2.75, 3.05) is 7.11 Å². The predicted octanol–water partition coefficient (Wildman–Crippen LogP) is 8.19. The van der Waals surface area contributed by atoms with Gasteiger partial charge in [-0.1, -0.05) is 48.0 Å². The van der Waals surface area contributed by atoms with E-state index in [0.29, 0.717) is 34.9 Å². The number of nitrogens with zero attached hydrogens (tertiary/aromatic N) is 2. The maximum absolute atomic E-state index is 13.8. The largest absolute Gasteiger partial charge is 0.493 e. The van der Waals surface area contributed by atoms with Crippen molar-refractivity contribution in [3.05, 3.63) is 107 Å². The molecule has 0 aliphatic heterocycles. The second kappa shape index (κ2) is 9.65. The van der Waals surface area contributed by atoms with Gasteiger partial charge in [0.05, 0.1) is 24.9 Å². The Morgan fingerprint density at radius 2 is 1.57 bits per heavy atom. The van der Waals surface area contributed by atoms with E-state index in [-0.39, 0.29) is 5.52 Å². The van der Waals surface area contributed by atoms with E-state index in [1.54, 1.807) is 42.1 Å². The molecule has 0 aliphatic carbocycles. The number of rotatable bonds is 6. The Kier molecular flexibility index (Phi) is 6.38. The van der Waals surface area contributed by atoms with Gasteiger partial charge in [0, 0.05) is 10.9 Å². The van der Waals surface area contributed by atoms with Crippen LogP contribution in [-0.2, 0) is 12.7 Å². The van der Waals surface area contributed by atoms with Gasteiger partial charge < -0.3 is 9.47 Å². The molecule has 7 heteroatoms. The molecular weight excluding hydrogens is 477 g/mol. The van der Waals surface area contributed by atoms with Crippen LogP contribution in [0.25, 0.3) is 22.2 Å². The molecule has 0 aliphatic rings. The van der Waals surface area contributed by atoms with Crippen molar-refractivity contribution in [2.45, 2.75) is 26.6 Å². The van der Waals surface area contributed by atoms with Gasteiger partial charge in [0.25, 0.3) is 0 Å². The quantitative estimate of drug-likeness (QED) is 0.235. The van der Waals surface area contributed by atoms with E-state index < -0.39 is 11.7 Å². The molecule has 188 valence electrons. The van der Waals surface area contributed by atoms with E-state index >= 15 is 0 Å². The fourth-order valence-electron chi connectivity index (χ4n) is 4.50. The van der Waals surface area contributed by atoms with E-state index in [4.69, 9.17) is 9.47 Å². The molecule has 4 nitrogen and oxygen atoms in total. The Morgan fingerprint density at radius 1 is 0.838 bits per heavy atom. The lowest BCUT2D eigenvalue weighted by atomic mass is 10.0. The maximum Gasteiger partial charge on any atom is 0.418 e. The Morgan fingerprint density at radius 3 is 2.24 bits per heavy atom. The smallest absolute Gasteiger partial charge is 0.418 e. The van der Waals surface area contributed by atoms with Gasteiger partial charge in [-0.15, -0.1) is 0 Å². The maximum atomic E-state index is 13.8. The molecule has 0 saturated carbocycles. The number of hydrogen-bond acceptors (Lipinski definition) is 3. The minimum atomic E-state index is -4.51. The molecule has 0 spiro atoms. The van der Waals surface area contributed by atoms with E-state index in [2.05, 4.69) is 11.2 Å². The average Bonchev–Trinajstić information content (AvgIpc) is 3.24. The van der Waals surface area contributed by atoms with Crippen LogP contribution in [0, 0.1) is 13.8 Å². The molecule has 5 aromatic rings. The van der Waals surface area contributed by atoms with Gasteiger partial charge in [-0.25, -0.2) is 0 Å². The second-order valence-electron chi connectivity index (χ2n) is 8.91. The topological polar surface area (TPSA) is 36.3 Å². The molecule has 0 saturated heterocycles.